The first-order valence-electron chi connectivity index (χ1n) is 2.37. The molecule has 0 heterocycles. The molecule has 0 aromatic heterocycles. The molecular formula is C4H8O4P+. The first-order chi connectivity index (χ1) is 4.16. The normalized spacial score (nSPS) is 13.1. The van der Waals surface area contributed by atoms with Crippen LogP contribution < -0.4 is 0 Å². The summed E-state index contributed by atoms with van der Waals surface area (Å²) < 4.78 is 18.6. The lowest BCUT2D eigenvalue weighted by molar-refractivity contribution is -0.157. The van der Waals surface area contributed by atoms with Crippen molar-refractivity contribution in [3.8, 4) is 0 Å². The van der Waals surface area contributed by atoms with Crippen LogP contribution in [0.2, 0.25) is 0 Å². The molecule has 2 atom stereocenters. The molecule has 0 aromatic carbocycles. The minimum absolute atomic E-state index is 0.444. The van der Waals surface area contributed by atoms with Gasteiger partial charge < -0.3 is 4.74 Å². The van der Waals surface area contributed by atoms with Gasteiger partial charge in [-0.05, 0) is 4.57 Å². The zero-order chi connectivity index (χ0) is 7.28. The van der Waals surface area contributed by atoms with Crippen molar-refractivity contribution in [3.63, 3.8) is 0 Å². The molecule has 0 aliphatic heterocycles. The number of rotatable bonds is 3. The third kappa shape index (κ3) is 5.40. The van der Waals surface area contributed by atoms with E-state index in [9.17, 15) is 9.36 Å². The Labute approximate surface area is 54.4 Å². The van der Waals surface area contributed by atoms with Crippen LogP contribution in [-0.4, -0.2) is 12.3 Å². The van der Waals surface area contributed by atoms with E-state index in [0.29, 0.717) is 0 Å². The van der Waals surface area contributed by atoms with E-state index >= 15 is 0 Å². The van der Waals surface area contributed by atoms with Crippen LogP contribution in [0, 0.1) is 0 Å². The smallest absolute Gasteiger partial charge is 0.431 e. The molecule has 5 heteroatoms. The van der Waals surface area contributed by atoms with Gasteiger partial charge in [-0.2, -0.15) is 0 Å². The van der Waals surface area contributed by atoms with Gasteiger partial charge >= 0.3 is 14.7 Å². The third-order valence-electron chi connectivity index (χ3n) is 0.546. The zero-order valence-electron chi connectivity index (χ0n) is 5.21. The van der Waals surface area contributed by atoms with Gasteiger partial charge in [0.05, 0.1) is 0 Å². The minimum atomic E-state index is -0.890. The van der Waals surface area contributed by atoms with E-state index in [1.54, 1.807) is 0 Å². The summed E-state index contributed by atoms with van der Waals surface area (Å²) in [6, 6.07) is 0. The second-order valence-corrected chi connectivity index (χ2v) is 1.78. The summed E-state index contributed by atoms with van der Waals surface area (Å²) in [6.45, 7) is 2.75. The molecule has 0 N–H and O–H groups in total. The first-order valence-corrected chi connectivity index (χ1v) is 3.18. The summed E-state index contributed by atoms with van der Waals surface area (Å²) in [6.07, 6.45) is -0.710. The Morgan fingerprint density at radius 3 is 2.56 bits per heavy atom. The molecule has 0 fully saturated rings. The zero-order valence-corrected chi connectivity index (χ0v) is 6.21. The van der Waals surface area contributed by atoms with Gasteiger partial charge in [0.25, 0.3) is 6.29 Å². The molecule has 4 nitrogen and oxygen atoms in total. The molecule has 0 aliphatic rings. The van der Waals surface area contributed by atoms with Crippen LogP contribution in [0.4, 0.5) is 0 Å². The number of carbonyl (C=O) groups excluding carboxylic acids is 1. The summed E-state index contributed by atoms with van der Waals surface area (Å²) in [4.78, 5) is 10.1. The summed E-state index contributed by atoms with van der Waals surface area (Å²) in [7, 11) is -0.890. The number of esters is 1. The maximum Gasteiger partial charge on any atom is 0.498 e. The fourth-order valence-electron chi connectivity index (χ4n) is 0.326. The maximum atomic E-state index is 10.1. The fourth-order valence-corrected chi connectivity index (χ4v) is 0.509. The van der Waals surface area contributed by atoms with E-state index in [-0.39, 0.29) is 0 Å². The molecule has 0 rings (SSSR count). The van der Waals surface area contributed by atoms with E-state index in [0.717, 1.165) is 0 Å². The van der Waals surface area contributed by atoms with E-state index in [4.69, 9.17) is 0 Å². The first kappa shape index (κ1) is 8.53. The average molecular weight is 151 g/mol. The minimum Gasteiger partial charge on any atom is -0.431 e. The highest BCUT2D eigenvalue weighted by Gasteiger charge is 2.08. The monoisotopic (exact) mass is 151 g/mol. The molecule has 0 saturated heterocycles. The summed E-state index contributed by atoms with van der Waals surface area (Å²) in [5, 5.41) is 0. The van der Waals surface area contributed by atoms with E-state index in [2.05, 4.69) is 9.26 Å². The molecular weight excluding hydrogens is 143 g/mol. The third-order valence-corrected chi connectivity index (χ3v) is 0.974. The fraction of sp³-hybridized carbons (Fsp3) is 0.750. The second-order valence-electron chi connectivity index (χ2n) is 1.38. The Morgan fingerprint density at radius 2 is 2.22 bits per heavy atom. The maximum absolute atomic E-state index is 10.1. The van der Waals surface area contributed by atoms with Crippen molar-refractivity contribution >= 4 is 14.7 Å². The van der Waals surface area contributed by atoms with E-state index < -0.39 is 20.9 Å². The Kier molecular flexibility index (Phi) is 4.18. The SMILES string of the molecule is CC(=O)OC(C)O[PH+]=O. The predicted molar refractivity (Wildman–Crippen MR) is 31.3 cm³/mol. The summed E-state index contributed by atoms with van der Waals surface area (Å²) in [5.74, 6) is -0.444. The van der Waals surface area contributed by atoms with Gasteiger partial charge in [-0.3, -0.25) is 4.79 Å². The Bertz CT molecular complexity index is 113. The van der Waals surface area contributed by atoms with E-state index in [1.807, 2.05) is 0 Å². The van der Waals surface area contributed by atoms with Crippen molar-refractivity contribution in [2.24, 2.45) is 0 Å². The summed E-state index contributed by atoms with van der Waals surface area (Å²) in [5.41, 5.74) is 0. The predicted octanol–water partition coefficient (Wildman–Crippen LogP) is 0.851. The molecule has 0 bridgehead atoms. The van der Waals surface area contributed by atoms with Crippen LogP contribution in [0.1, 0.15) is 13.8 Å². The number of hydrogen-bond donors (Lipinski definition) is 0. The lowest BCUT2D eigenvalue weighted by Gasteiger charge is -2.01. The van der Waals surface area contributed by atoms with Crippen LogP contribution in [-0.2, 0) is 18.6 Å². The molecule has 0 amide bonds. The van der Waals surface area contributed by atoms with Gasteiger partial charge in [-0.25, -0.2) is 0 Å². The molecule has 0 aliphatic carbocycles. The van der Waals surface area contributed by atoms with Gasteiger partial charge in [-0.1, -0.05) is 0 Å². The van der Waals surface area contributed by atoms with Crippen LogP contribution in [0.3, 0.4) is 0 Å². The van der Waals surface area contributed by atoms with Crippen molar-refractivity contribution in [2.45, 2.75) is 20.1 Å². The highest BCUT2D eigenvalue weighted by atomic mass is 31.1. The average Bonchev–Trinajstić information content (AvgIpc) is 1.63. The van der Waals surface area contributed by atoms with Gasteiger partial charge in [0, 0.05) is 13.8 Å². The van der Waals surface area contributed by atoms with Crippen molar-refractivity contribution < 1.29 is 18.6 Å². The highest BCUT2D eigenvalue weighted by Crippen LogP contribution is 2.02. The molecule has 2 unspecified atom stereocenters. The van der Waals surface area contributed by atoms with Gasteiger partial charge in [0.2, 0.25) is 0 Å². The Balaban J connectivity index is 3.37. The van der Waals surface area contributed by atoms with E-state index in [1.165, 1.54) is 13.8 Å². The summed E-state index contributed by atoms with van der Waals surface area (Å²) >= 11 is 0. The molecule has 0 radical (unpaired) electrons. The largest absolute Gasteiger partial charge is 0.498 e. The standard InChI is InChI=1S/C4H8O4P/c1-3(5)7-4(2)8-9-6/h4,9H,1-2H3/q+1. The number of ether oxygens (including phenoxy) is 1. The second kappa shape index (κ2) is 4.41. The lowest BCUT2D eigenvalue weighted by Crippen LogP contribution is -2.11. The Hall–Kier alpha value is -0.470. The van der Waals surface area contributed by atoms with Crippen molar-refractivity contribution in [1.82, 2.24) is 0 Å². The van der Waals surface area contributed by atoms with Gasteiger partial charge in [0.15, 0.2) is 0 Å². The lowest BCUT2D eigenvalue weighted by atomic mass is 10.7. The number of hydrogen-bond acceptors (Lipinski definition) is 4. The molecule has 0 aromatic rings. The highest BCUT2D eigenvalue weighted by molar-refractivity contribution is 7.17. The van der Waals surface area contributed by atoms with Crippen molar-refractivity contribution in [1.29, 1.82) is 0 Å². The Morgan fingerprint density at radius 1 is 1.67 bits per heavy atom. The van der Waals surface area contributed by atoms with Crippen LogP contribution in [0.15, 0.2) is 0 Å². The topological polar surface area (TPSA) is 52.6 Å². The van der Waals surface area contributed by atoms with Crippen LogP contribution in [0.5, 0.6) is 0 Å². The van der Waals surface area contributed by atoms with Crippen molar-refractivity contribution in [2.75, 3.05) is 0 Å². The quantitative estimate of drug-likeness (QED) is 0.341. The molecule has 0 saturated carbocycles. The molecule has 0 spiro atoms. The van der Waals surface area contributed by atoms with Crippen LogP contribution >= 0.6 is 8.69 Å². The van der Waals surface area contributed by atoms with Crippen LogP contribution in [0.25, 0.3) is 0 Å². The van der Waals surface area contributed by atoms with Crippen molar-refractivity contribution in [3.05, 3.63) is 0 Å². The molecule has 9 heavy (non-hydrogen) atoms. The van der Waals surface area contributed by atoms with Gasteiger partial charge in [0.1, 0.15) is 0 Å². The van der Waals surface area contributed by atoms with Gasteiger partial charge in [-0.15, -0.1) is 4.52 Å². The number of carbonyl (C=O) groups is 1. The molecule has 52 valence electrons.